The average Bonchev–Trinajstić information content (AvgIpc) is 3.66. The highest BCUT2D eigenvalue weighted by atomic mass is 16.3. The first-order valence-corrected chi connectivity index (χ1v) is 16.5. The molecule has 2 aliphatic heterocycles. The molecule has 4 rings (SSSR count). The zero-order valence-electron chi connectivity index (χ0n) is 27.9. The summed E-state index contributed by atoms with van der Waals surface area (Å²) in [6.07, 6.45) is 1.56. The Hall–Kier alpha value is -4.72. The molecule has 2 fully saturated rings. The van der Waals surface area contributed by atoms with E-state index >= 15 is 0 Å². The van der Waals surface area contributed by atoms with Crippen LogP contribution in [0.1, 0.15) is 62.5 Å². The van der Waals surface area contributed by atoms with Gasteiger partial charge in [-0.15, -0.1) is 0 Å². The lowest BCUT2D eigenvalue weighted by molar-refractivity contribution is -0.141. The monoisotopic (exact) mass is 665 g/mol. The number of carbonyl (C=O) groups is 6. The van der Waals surface area contributed by atoms with E-state index in [1.807, 2.05) is 44.2 Å². The van der Waals surface area contributed by atoms with Gasteiger partial charge in [-0.2, -0.15) is 0 Å². The molecular formula is C34H47N7O7. The fraction of sp³-hybridized carbons (Fsp3) is 0.529. The van der Waals surface area contributed by atoms with Gasteiger partial charge >= 0.3 is 0 Å². The van der Waals surface area contributed by atoms with Gasteiger partial charge in [-0.1, -0.05) is 44.2 Å². The lowest BCUT2D eigenvalue weighted by Gasteiger charge is -2.29. The number of aromatic nitrogens is 1. The van der Waals surface area contributed by atoms with Gasteiger partial charge in [-0.3, -0.25) is 28.8 Å². The van der Waals surface area contributed by atoms with Crippen LogP contribution < -0.4 is 26.6 Å². The van der Waals surface area contributed by atoms with Gasteiger partial charge in [0.25, 0.3) is 5.91 Å². The first-order chi connectivity index (χ1) is 22.8. The van der Waals surface area contributed by atoms with Crippen LogP contribution in [0.5, 0.6) is 0 Å². The number of rotatable bonds is 6. The molecule has 0 aliphatic carbocycles. The van der Waals surface area contributed by atoms with Crippen LogP contribution in [-0.2, 0) is 37.4 Å². The predicted octanol–water partition coefficient (Wildman–Crippen LogP) is -0.242. The van der Waals surface area contributed by atoms with Crippen molar-refractivity contribution in [3.8, 4) is 0 Å². The summed E-state index contributed by atoms with van der Waals surface area (Å²) < 4.78 is 1.62. The zero-order chi connectivity index (χ0) is 35.0. The first-order valence-electron chi connectivity index (χ1n) is 16.5. The third-order valence-corrected chi connectivity index (χ3v) is 8.62. The second-order valence-electron chi connectivity index (χ2n) is 13.0. The maximum Gasteiger partial charge on any atom is 0.268 e. The van der Waals surface area contributed by atoms with E-state index in [1.54, 1.807) is 29.9 Å². The van der Waals surface area contributed by atoms with Crippen molar-refractivity contribution in [2.75, 3.05) is 13.1 Å². The highest BCUT2D eigenvalue weighted by Gasteiger charge is 2.41. The molecule has 14 nitrogen and oxygen atoms in total. The first kappa shape index (κ1) is 36.1. The molecule has 1 aromatic heterocycles. The number of hydrogen-bond donors (Lipinski definition) is 6. The number of carbonyl (C=O) groups excluding carboxylic acids is 6. The minimum atomic E-state index is -1.11. The summed E-state index contributed by atoms with van der Waals surface area (Å²) in [5, 5.41) is 24.2. The van der Waals surface area contributed by atoms with Crippen LogP contribution in [-0.4, -0.2) is 99.4 Å². The van der Waals surface area contributed by atoms with E-state index in [-0.39, 0.29) is 51.1 Å². The van der Waals surface area contributed by atoms with Crippen molar-refractivity contribution in [2.24, 2.45) is 13.0 Å². The number of nitrogens with one attached hydrogen (secondary N) is 5. The van der Waals surface area contributed by atoms with Crippen molar-refractivity contribution in [3.05, 3.63) is 59.9 Å². The standard InChI is InChI=1S/C34H47N7O7/c1-20(2)16-25-30(44)36-21(3)34(48)41-19-23(42)18-28(41)32(46)35-14-8-12-24(37-33(47)27-13-9-15-40(27)4)29(43)39-26(31(45)38-25)17-22-10-6-5-7-11-22/h5-7,9-11,13,15,20-21,23-26,28,42H,8,12,14,16-19H2,1-4H3,(H,35,46)(H,36,44)(H,37,47)(H,38,45)(H,39,43)/t21-,23+,24-,25-,26+,28-/m0/s1. The molecule has 0 radical (unpaired) electrons. The number of fused-ring (bicyclic) bond motifs is 1. The average molecular weight is 666 g/mol. The van der Waals surface area contributed by atoms with Crippen LogP contribution in [0.3, 0.4) is 0 Å². The minimum Gasteiger partial charge on any atom is -0.391 e. The maximum atomic E-state index is 13.9. The van der Waals surface area contributed by atoms with Gasteiger partial charge in [0.15, 0.2) is 0 Å². The minimum absolute atomic E-state index is 0.0222. The SMILES string of the molecule is CC(C)C[C@@H]1NC(=O)[C@@H](Cc2ccccc2)NC(=O)[C@@H](NC(=O)c2cccn2C)CCCNC(=O)[C@@H]2C[C@@H](O)CN2C(=O)[C@H](C)NC1=O. The second-order valence-corrected chi connectivity index (χ2v) is 13.0. The van der Waals surface area contributed by atoms with Crippen molar-refractivity contribution >= 4 is 35.4 Å². The van der Waals surface area contributed by atoms with Gasteiger partial charge in [-0.05, 0) is 49.8 Å². The van der Waals surface area contributed by atoms with E-state index in [1.165, 1.54) is 11.8 Å². The van der Waals surface area contributed by atoms with Crippen molar-refractivity contribution in [3.63, 3.8) is 0 Å². The number of benzene rings is 1. The summed E-state index contributed by atoms with van der Waals surface area (Å²) in [5.41, 5.74) is 1.09. The number of aliphatic hydroxyl groups excluding tert-OH is 1. The van der Waals surface area contributed by atoms with Crippen LogP contribution in [0.15, 0.2) is 48.7 Å². The third-order valence-electron chi connectivity index (χ3n) is 8.62. The summed E-state index contributed by atoms with van der Waals surface area (Å²) in [6, 6.07) is 7.18. The lowest BCUT2D eigenvalue weighted by atomic mass is 10.00. The topological polar surface area (TPSA) is 191 Å². The molecule has 2 saturated heterocycles. The van der Waals surface area contributed by atoms with Crippen molar-refractivity contribution in [2.45, 2.75) is 89.2 Å². The fourth-order valence-corrected chi connectivity index (χ4v) is 6.07. The quantitative estimate of drug-likeness (QED) is 0.245. The normalized spacial score (nSPS) is 26.5. The molecule has 1 aromatic carbocycles. The molecule has 6 N–H and O–H groups in total. The highest BCUT2D eigenvalue weighted by molar-refractivity contribution is 5.98. The largest absolute Gasteiger partial charge is 0.391 e. The van der Waals surface area contributed by atoms with Crippen molar-refractivity contribution < 1.29 is 33.9 Å². The molecule has 3 heterocycles. The summed E-state index contributed by atoms with van der Waals surface area (Å²) in [4.78, 5) is 82.4. The van der Waals surface area contributed by atoms with Crippen LogP contribution in [0.2, 0.25) is 0 Å². The van der Waals surface area contributed by atoms with E-state index in [0.717, 1.165) is 5.56 Å². The Morgan fingerprint density at radius 1 is 0.938 bits per heavy atom. The molecule has 0 unspecified atom stereocenters. The smallest absolute Gasteiger partial charge is 0.268 e. The number of amides is 6. The Balaban J connectivity index is 1.66. The van der Waals surface area contributed by atoms with Gasteiger partial charge in [0.2, 0.25) is 29.5 Å². The number of aryl methyl sites for hydroxylation is 1. The Morgan fingerprint density at radius 2 is 1.62 bits per heavy atom. The molecule has 0 bridgehead atoms. The highest BCUT2D eigenvalue weighted by Crippen LogP contribution is 2.20. The van der Waals surface area contributed by atoms with Gasteiger partial charge < -0.3 is 41.2 Å². The van der Waals surface area contributed by atoms with E-state index in [0.29, 0.717) is 5.69 Å². The molecule has 260 valence electrons. The van der Waals surface area contributed by atoms with Crippen molar-refractivity contribution in [1.82, 2.24) is 36.1 Å². The van der Waals surface area contributed by atoms with Gasteiger partial charge in [0.05, 0.1) is 6.10 Å². The summed E-state index contributed by atoms with van der Waals surface area (Å²) >= 11 is 0. The second kappa shape index (κ2) is 16.4. The van der Waals surface area contributed by atoms with E-state index in [2.05, 4.69) is 26.6 Å². The molecular weight excluding hydrogens is 618 g/mol. The summed E-state index contributed by atoms with van der Waals surface area (Å²) in [5.74, 6) is -3.32. The molecule has 48 heavy (non-hydrogen) atoms. The van der Waals surface area contributed by atoms with Crippen LogP contribution in [0.4, 0.5) is 0 Å². The molecule has 0 spiro atoms. The van der Waals surface area contributed by atoms with E-state index in [9.17, 15) is 33.9 Å². The maximum absolute atomic E-state index is 13.9. The Kier molecular flexibility index (Phi) is 12.3. The van der Waals surface area contributed by atoms with E-state index in [4.69, 9.17) is 0 Å². The summed E-state index contributed by atoms with van der Waals surface area (Å²) in [7, 11) is 1.70. The Labute approximate surface area is 280 Å². The number of aliphatic hydroxyl groups is 1. The molecule has 2 aromatic rings. The van der Waals surface area contributed by atoms with Crippen LogP contribution in [0, 0.1) is 5.92 Å². The fourth-order valence-electron chi connectivity index (χ4n) is 6.07. The lowest BCUT2D eigenvalue weighted by Crippen LogP contribution is -2.59. The molecule has 0 saturated carbocycles. The van der Waals surface area contributed by atoms with Gasteiger partial charge in [0, 0.05) is 39.2 Å². The summed E-state index contributed by atoms with van der Waals surface area (Å²) in [6.45, 7) is 5.32. The Bertz CT molecular complexity index is 1480. The van der Waals surface area contributed by atoms with E-state index < -0.39 is 71.8 Å². The Morgan fingerprint density at radius 3 is 2.29 bits per heavy atom. The van der Waals surface area contributed by atoms with Crippen molar-refractivity contribution in [1.29, 1.82) is 0 Å². The van der Waals surface area contributed by atoms with Crippen LogP contribution >= 0.6 is 0 Å². The third kappa shape index (κ3) is 9.43. The number of hydrogen-bond acceptors (Lipinski definition) is 7. The van der Waals surface area contributed by atoms with Gasteiger partial charge in [-0.25, -0.2) is 0 Å². The predicted molar refractivity (Wildman–Crippen MR) is 176 cm³/mol. The molecule has 2 aliphatic rings. The molecule has 6 amide bonds. The molecule has 6 atom stereocenters. The number of nitrogens with zero attached hydrogens (tertiary/aromatic N) is 2. The zero-order valence-corrected chi connectivity index (χ0v) is 27.9. The van der Waals surface area contributed by atoms with Gasteiger partial charge in [0.1, 0.15) is 35.9 Å². The van der Waals surface area contributed by atoms with Crippen LogP contribution in [0.25, 0.3) is 0 Å². The molecule has 14 heteroatoms.